The molecular weight excluding hydrogens is 358 g/mol. The maximum atomic E-state index is 8.33. The van der Waals surface area contributed by atoms with Crippen molar-refractivity contribution in [2.24, 2.45) is 0 Å². The van der Waals surface area contributed by atoms with E-state index in [2.05, 4.69) is 21.1 Å². The molecule has 0 amide bonds. The number of anilines is 1. The first-order valence-corrected chi connectivity index (χ1v) is 4.90. The molecule has 0 radical (unpaired) electrons. The third-order valence-corrected chi connectivity index (χ3v) is 2.72. The van der Waals surface area contributed by atoms with Crippen LogP contribution in [0.25, 0.3) is 11.0 Å². The van der Waals surface area contributed by atoms with Gasteiger partial charge in [0, 0.05) is 4.47 Å². The molecule has 2 rings (SSSR count). The molecule has 0 unspecified atom stereocenters. The molecule has 0 atom stereocenters. The van der Waals surface area contributed by atoms with Crippen LogP contribution in [-0.2, 0) is 0 Å². The molecule has 0 aliphatic carbocycles. The van der Waals surface area contributed by atoms with Gasteiger partial charge < -0.3 is 25.3 Å². The van der Waals surface area contributed by atoms with Crippen LogP contribution in [0.15, 0.2) is 21.1 Å². The first-order chi connectivity index (χ1) is 7.43. The molecule has 0 aliphatic heterocycles. The van der Waals surface area contributed by atoms with Crippen LogP contribution in [-0.4, -0.2) is 11.3 Å². The number of benzene rings is 1. The maximum Gasteiger partial charge on any atom is 1.00 e. The average Bonchev–Trinajstić information content (AvgIpc) is 2.54. The summed E-state index contributed by atoms with van der Waals surface area (Å²) in [4.78, 5) is 8.33. The van der Waals surface area contributed by atoms with E-state index in [9.17, 15) is 0 Å². The molecule has 0 saturated carbocycles. The molecule has 1 aromatic heterocycles. The zero-order valence-electron chi connectivity index (χ0n) is 10.2. The first kappa shape index (κ1) is 21.8. The number of carbonyl (C=O) groups is 1. The molecule has 0 spiro atoms. The fourth-order valence-corrected chi connectivity index (χ4v) is 1.53. The predicted molar refractivity (Wildman–Crippen MR) is 56.3 cm³/mol. The Morgan fingerprint density at radius 1 is 1.39 bits per heavy atom. The summed E-state index contributed by atoms with van der Waals surface area (Å²) in [6, 6.07) is 3.76. The van der Waals surface area contributed by atoms with Gasteiger partial charge in [-0.05, 0) is 30.8 Å². The summed E-state index contributed by atoms with van der Waals surface area (Å²) in [5.41, 5.74) is 7.41. The third kappa shape index (κ3) is 6.31. The van der Waals surface area contributed by atoms with E-state index in [-0.39, 0.29) is 103 Å². The van der Waals surface area contributed by atoms with Gasteiger partial charge in [-0.3, -0.25) is 0 Å². The van der Waals surface area contributed by atoms with Gasteiger partial charge in [-0.1, -0.05) is 21.1 Å². The van der Waals surface area contributed by atoms with E-state index in [0.29, 0.717) is 5.82 Å². The molecule has 0 fully saturated rings. The molecule has 6 nitrogen and oxygen atoms in total. The summed E-state index contributed by atoms with van der Waals surface area (Å²) in [6.07, 6.45) is -2.33. The van der Waals surface area contributed by atoms with Crippen molar-refractivity contribution in [3.8, 4) is 0 Å². The summed E-state index contributed by atoms with van der Waals surface area (Å²) >= 11 is 3.41. The minimum absolute atomic E-state index is 0. The van der Waals surface area contributed by atoms with Crippen LogP contribution >= 0.6 is 15.9 Å². The van der Waals surface area contributed by atoms with E-state index in [0.717, 1.165) is 21.0 Å². The number of nitrogens with zero attached hydrogens (tertiary/aromatic N) is 1. The van der Waals surface area contributed by atoms with Crippen molar-refractivity contribution in [3.05, 3.63) is 22.2 Å². The SMILES string of the molecule is Cc1c(Br)ccc2onc(N)c12.O=C([O-])[O-].[K+].[K+]. The van der Waals surface area contributed by atoms with Gasteiger partial charge in [0.2, 0.25) is 0 Å². The molecule has 18 heavy (non-hydrogen) atoms. The number of fused-ring (bicyclic) bond motifs is 1. The summed E-state index contributed by atoms with van der Waals surface area (Å²) in [5.74, 6) is 0.448. The van der Waals surface area contributed by atoms with Gasteiger partial charge >= 0.3 is 103 Å². The van der Waals surface area contributed by atoms with Crippen LogP contribution in [0.5, 0.6) is 0 Å². The summed E-state index contributed by atoms with van der Waals surface area (Å²) < 4.78 is 6.01. The average molecular weight is 365 g/mol. The zero-order chi connectivity index (χ0) is 12.3. The number of nitrogens with two attached hydrogens (primary N) is 1. The van der Waals surface area contributed by atoms with Crippen LogP contribution in [0, 0.1) is 6.92 Å². The number of aryl methyl sites for hydroxylation is 1. The van der Waals surface area contributed by atoms with Crippen molar-refractivity contribution in [3.63, 3.8) is 0 Å². The Morgan fingerprint density at radius 3 is 2.39 bits per heavy atom. The molecule has 86 valence electrons. The molecule has 2 aromatic rings. The third-order valence-electron chi connectivity index (χ3n) is 1.86. The quantitative estimate of drug-likeness (QED) is 0.465. The normalized spacial score (nSPS) is 8.56. The van der Waals surface area contributed by atoms with Crippen molar-refractivity contribution < 1.29 is 122 Å². The first-order valence-electron chi connectivity index (χ1n) is 4.11. The van der Waals surface area contributed by atoms with Crippen molar-refractivity contribution in [1.82, 2.24) is 5.16 Å². The van der Waals surface area contributed by atoms with Crippen molar-refractivity contribution in [2.75, 3.05) is 5.73 Å². The monoisotopic (exact) mass is 364 g/mol. The van der Waals surface area contributed by atoms with Crippen LogP contribution in [0.4, 0.5) is 10.6 Å². The molecule has 9 heteroatoms. The Kier molecular flexibility index (Phi) is 12.4. The van der Waals surface area contributed by atoms with E-state index in [1.165, 1.54) is 0 Å². The number of carbonyl (C=O) groups excluding carboxylic acids is 1. The Hall–Kier alpha value is 1.51. The molecule has 1 aromatic carbocycles. The van der Waals surface area contributed by atoms with E-state index < -0.39 is 6.16 Å². The predicted octanol–water partition coefficient (Wildman–Crippen LogP) is -5.96. The summed E-state index contributed by atoms with van der Waals surface area (Å²) in [6.45, 7) is 1.97. The molecular formula is C9H7BrK2N2O4. The minimum Gasteiger partial charge on any atom is -0.652 e. The second-order valence-corrected chi connectivity index (χ2v) is 3.72. The van der Waals surface area contributed by atoms with E-state index in [1.807, 2.05) is 19.1 Å². The molecule has 0 bridgehead atoms. The van der Waals surface area contributed by atoms with Crippen molar-refractivity contribution >= 4 is 38.9 Å². The van der Waals surface area contributed by atoms with Crippen molar-refractivity contribution in [2.45, 2.75) is 6.92 Å². The molecule has 0 aliphatic rings. The van der Waals surface area contributed by atoms with E-state index in [1.54, 1.807) is 0 Å². The molecule has 1 heterocycles. The Balaban J connectivity index is 0. The van der Waals surface area contributed by atoms with Gasteiger partial charge in [0.05, 0.1) is 5.39 Å². The Morgan fingerprint density at radius 2 is 1.89 bits per heavy atom. The van der Waals surface area contributed by atoms with Gasteiger partial charge in [0.1, 0.15) is 0 Å². The Bertz CT molecular complexity index is 529. The number of halogens is 1. The van der Waals surface area contributed by atoms with Crippen LogP contribution in [0.1, 0.15) is 5.56 Å². The maximum absolute atomic E-state index is 8.33. The van der Waals surface area contributed by atoms with Gasteiger partial charge in [-0.2, -0.15) is 0 Å². The van der Waals surface area contributed by atoms with Crippen LogP contribution < -0.4 is 119 Å². The Labute approximate surface area is 197 Å². The summed E-state index contributed by atoms with van der Waals surface area (Å²) in [5, 5.41) is 21.2. The number of carboxylic acid groups (broad SMARTS) is 2. The smallest absolute Gasteiger partial charge is 0.652 e. The van der Waals surface area contributed by atoms with Crippen molar-refractivity contribution in [1.29, 1.82) is 0 Å². The van der Waals surface area contributed by atoms with Gasteiger partial charge in [-0.15, -0.1) is 0 Å². The number of nitrogen functional groups attached to an aromatic ring is 1. The topological polar surface area (TPSA) is 115 Å². The van der Waals surface area contributed by atoms with E-state index in [4.69, 9.17) is 25.3 Å². The summed E-state index contributed by atoms with van der Waals surface area (Å²) in [7, 11) is 0. The molecule has 0 saturated heterocycles. The van der Waals surface area contributed by atoms with Crippen LogP contribution in [0.2, 0.25) is 0 Å². The molecule has 2 N–H and O–H groups in total. The van der Waals surface area contributed by atoms with Crippen LogP contribution in [0.3, 0.4) is 0 Å². The second kappa shape index (κ2) is 10.3. The zero-order valence-corrected chi connectivity index (χ0v) is 18.0. The van der Waals surface area contributed by atoms with Gasteiger partial charge in [0.15, 0.2) is 11.4 Å². The fraction of sp³-hybridized carbons (Fsp3) is 0.111. The number of aromatic nitrogens is 1. The fourth-order valence-electron chi connectivity index (χ4n) is 1.20. The number of hydrogen-bond acceptors (Lipinski definition) is 6. The van der Waals surface area contributed by atoms with E-state index >= 15 is 0 Å². The number of hydrogen-bond donors (Lipinski definition) is 1. The van der Waals surface area contributed by atoms with Gasteiger partial charge in [0.25, 0.3) is 0 Å². The second-order valence-electron chi connectivity index (χ2n) is 2.86. The van der Waals surface area contributed by atoms with Gasteiger partial charge in [-0.25, -0.2) is 0 Å². The number of rotatable bonds is 0. The standard InChI is InChI=1S/C8H7BrN2O.CH2O3.2K/c1-4-5(9)2-3-6-7(4)8(10)11-12-6;2-1(3)4;;/h2-3H,1H3,(H2,10,11);(H2,2,3,4);;/q;;2*+1/p-2. The minimum atomic E-state index is -2.33. The largest absolute Gasteiger partial charge is 1.00 e.